The number of nitrogens with one attached hydrogen (secondary N) is 1. The number of nitrogens with zero attached hydrogens (tertiary/aromatic N) is 4. The van der Waals surface area contributed by atoms with Gasteiger partial charge >= 0.3 is 0 Å². The molecule has 21 heavy (non-hydrogen) atoms. The second kappa shape index (κ2) is 5.72. The molecule has 0 aliphatic carbocycles. The maximum Gasteiger partial charge on any atom is 0.255 e. The molecule has 3 aromatic rings. The number of benzene rings is 1. The van der Waals surface area contributed by atoms with E-state index in [2.05, 4.69) is 20.5 Å². The largest absolute Gasteiger partial charge is 0.322 e. The van der Waals surface area contributed by atoms with Crippen LogP contribution < -0.4 is 5.32 Å². The molecule has 104 valence electrons. The summed E-state index contributed by atoms with van der Waals surface area (Å²) in [6.07, 6.45) is 4.60. The Morgan fingerprint density at radius 2 is 1.81 bits per heavy atom. The molecule has 0 spiro atoms. The first-order valence-electron chi connectivity index (χ1n) is 6.10. The first kappa shape index (κ1) is 13.3. The van der Waals surface area contributed by atoms with Gasteiger partial charge in [0.1, 0.15) is 18.5 Å². The van der Waals surface area contributed by atoms with Crippen LogP contribution in [0.15, 0.2) is 55.2 Å². The van der Waals surface area contributed by atoms with Crippen molar-refractivity contribution in [3.05, 3.63) is 65.8 Å². The van der Waals surface area contributed by atoms with E-state index in [-0.39, 0.29) is 5.91 Å². The normalized spacial score (nSPS) is 10.3. The molecule has 0 saturated heterocycles. The number of anilines is 1. The number of pyridine rings is 1. The van der Waals surface area contributed by atoms with Crippen LogP contribution in [-0.4, -0.2) is 25.7 Å². The summed E-state index contributed by atoms with van der Waals surface area (Å²) < 4.78 is 1.62. The lowest BCUT2D eigenvalue weighted by atomic mass is 10.2. The summed E-state index contributed by atoms with van der Waals surface area (Å²) in [5.74, 6) is 0.345. The molecular formula is C14H10ClN5O. The number of rotatable bonds is 3. The topological polar surface area (TPSA) is 72.7 Å². The first-order chi connectivity index (χ1) is 10.2. The molecule has 1 aromatic carbocycles. The van der Waals surface area contributed by atoms with E-state index in [1.165, 1.54) is 12.7 Å². The maximum atomic E-state index is 12.2. The van der Waals surface area contributed by atoms with Crippen molar-refractivity contribution < 1.29 is 4.79 Å². The summed E-state index contributed by atoms with van der Waals surface area (Å²) in [4.78, 5) is 16.4. The van der Waals surface area contributed by atoms with E-state index < -0.39 is 0 Å². The number of aromatic nitrogens is 4. The highest BCUT2D eigenvalue weighted by Gasteiger charge is 2.08. The zero-order chi connectivity index (χ0) is 14.7. The molecule has 0 radical (unpaired) electrons. The Bertz CT molecular complexity index is 755. The maximum absolute atomic E-state index is 12.2. The lowest BCUT2D eigenvalue weighted by Gasteiger charge is -2.06. The highest BCUT2D eigenvalue weighted by atomic mass is 35.5. The number of hydrogen-bond acceptors (Lipinski definition) is 4. The lowest BCUT2D eigenvalue weighted by molar-refractivity contribution is 0.102. The summed E-state index contributed by atoms with van der Waals surface area (Å²) in [6.45, 7) is 0. The van der Waals surface area contributed by atoms with Gasteiger partial charge in [-0.15, -0.1) is 10.2 Å². The smallest absolute Gasteiger partial charge is 0.255 e. The van der Waals surface area contributed by atoms with Gasteiger partial charge in [-0.3, -0.25) is 9.36 Å². The quantitative estimate of drug-likeness (QED) is 0.806. The van der Waals surface area contributed by atoms with Crippen LogP contribution in [0, 0.1) is 0 Å². The van der Waals surface area contributed by atoms with Gasteiger partial charge in [-0.1, -0.05) is 11.6 Å². The molecule has 0 saturated carbocycles. The fourth-order valence-corrected chi connectivity index (χ4v) is 1.88. The van der Waals surface area contributed by atoms with E-state index in [1.54, 1.807) is 47.2 Å². The van der Waals surface area contributed by atoms with E-state index >= 15 is 0 Å². The van der Waals surface area contributed by atoms with Crippen LogP contribution in [0.4, 0.5) is 5.69 Å². The van der Waals surface area contributed by atoms with Crippen molar-refractivity contribution in [2.24, 2.45) is 0 Å². The highest BCUT2D eigenvalue weighted by Crippen LogP contribution is 2.15. The number of amides is 1. The van der Waals surface area contributed by atoms with Gasteiger partial charge in [0.15, 0.2) is 0 Å². The van der Waals surface area contributed by atoms with Crippen LogP contribution in [0.25, 0.3) is 5.82 Å². The van der Waals surface area contributed by atoms with Gasteiger partial charge < -0.3 is 5.32 Å². The van der Waals surface area contributed by atoms with Gasteiger partial charge in [-0.25, -0.2) is 4.98 Å². The van der Waals surface area contributed by atoms with Crippen molar-refractivity contribution in [3.63, 3.8) is 0 Å². The molecule has 0 fully saturated rings. The Kier molecular flexibility index (Phi) is 3.61. The standard InChI is InChI=1S/C14H10ClN5O/c15-11-1-3-12(4-2-11)19-14(21)10-5-6-16-13(7-10)20-8-17-18-9-20/h1-9H,(H,19,21). The lowest BCUT2D eigenvalue weighted by Crippen LogP contribution is -2.12. The van der Waals surface area contributed by atoms with E-state index in [9.17, 15) is 4.79 Å². The van der Waals surface area contributed by atoms with Gasteiger partial charge in [0, 0.05) is 22.5 Å². The van der Waals surface area contributed by atoms with Crippen LogP contribution in [-0.2, 0) is 0 Å². The summed E-state index contributed by atoms with van der Waals surface area (Å²) in [5.41, 5.74) is 1.16. The zero-order valence-electron chi connectivity index (χ0n) is 10.8. The van der Waals surface area contributed by atoms with Crippen molar-refractivity contribution in [2.45, 2.75) is 0 Å². The Morgan fingerprint density at radius 3 is 2.52 bits per heavy atom. The monoisotopic (exact) mass is 299 g/mol. The van der Waals surface area contributed by atoms with E-state index in [4.69, 9.17) is 11.6 Å². The SMILES string of the molecule is O=C(Nc1ccc(Cl)cc1)c1ccnc(-n2cnnc2)c1. The summed E-state index contributed by atoms with van der Waals surface area (Å²) in [7, 11) is 0. The van der Waals surface area contributed by atoms with E-state index in [0.29, 0.717) is 22.1 Å². The molecule has 0 aliphatic rings. The average Bonchev–Trinajstić information content (AvgIpc) is 3.04. The molecule has 1 amide bonds. The predicted molar refractivity (Wildman–Crippen MR) is 78.6 cm³/mol. The van der Waals surface area contributed by atoms with Crippen molar-refractivity contribution in [1.29, 1.82) is 0 Å². The average molecular weight is 300 g/mol. The molecule has 3 rings (SSSR count). The second-order valence-corrected chi connectivity index (χ2v) is 4.67. The fourth-order valence-electron chi connectivity index (χ4n) is 1.76. The van der Waals surface area contributed by atoms with Crippen LogP contribution in [0.5, 0.6) is 0 Å². The van der Waals surface area contributed by atoms with Gasteiger partial charge in [-0.2, -0.15) is 0 Å². The van der Waals surface area contributed by atoms with Crippen LogP contribution in [0.2, 0.25) is 5.02 Å². The Balaban J connectivity index is 1.81. The Labute approximate surface area is 125 Å². The number of carbonyl (C=O) groups is 1. The number of halogens is 1. The third-order valence-electron chi connectivity index (χ3n) is 2.79. The van der Waals surface area contributed by atoms with Gasteiger partial charge in [0.25, 0.3) is 5.91 Å². The zero-order valence-corrected chi connectivity index (χ0v) is 11.5. The van der Waals surface area contributed by atoms with E-state index in [1.807, 2.05) is 0 Å². The predicted octanol–water partition coefficient (Wildman–Crippen LogP) is 2.57. The minimum absolute atomic E-state index is 0.228. The molecule has 1 N–H and O–H groups in total. The summed E-state index contributed by atoms with van der Waals surface area (Å²) in [6, 6.07) is 10.2. The third-order valence-corrected chi connectivity index (χ3v) is 3.05. The molecule has 0 aliphatic heterocycles. The van der Waals surface area contributed by atoms with Gasteiger partial charge in [0.05, 0.1) is 0 Å². The molecule has 2 heterocycles. The molecule has 7 heteroatoms. The van der Waals surface area contributed by atoms with Crippen molar-refractivity contribution >= 4 is 23.2 Å². The van der Waals surface area contributed by atoms with Crippen LogP contribution >= 0.6 is 11.6 Å². The number of hydrogen-bond donors (Lipinski definition) is 1. The molecular weight excluding hydrogens is 290 g/mol. The molecule has 6 nitrogen and oxygen atoms in total. The molecule has 2 aromatic heterocycles. The third kappa shape index (κ3) is 3.06. The molecule has 0 bridgehead atoms. The molecule has 0 atom stereocenters. The van der Waals surface area contributed by atoms with Crippen LogP contribution in [0.3, 0.4) is 0 Å². The van der Waals surface area contributed by atoms with Crippen molar-refractivity contribution in [1.82, 2.24) is 19.7 Å². The first-order valence-corrected chi connectivity index (χ1v) is 6.48. The second-order valence-electron chi connectivity index (χ2n) is 4.23. The van der Waals surface area contributed by atoms with Crippen LogP contribution in [0.1, 0.15) is 10.4 Å². The summed E-state index contributed by atoms with van der Waals surface area (Å²) >= 11 is 5.81. The molecule has 0 unspecified atom stereocenters. The van der Waals surface area contributed by atoms with E-state index in [0.717, 1.165) is 0 Å². The highest BCUT2D eigenvalue weighted by molar-refractivity contribution is 6.30. The van der Waals surface area contributed by atoms with Gasteiger partial charge in [0.2, 0.25) is 0 Å². The van der Waals surface area contributed by atoms with Gasteiger partial charge in [-0.05, 0) is 36.4 Å². The minimum Gasteiger partial charge on any atom is -0.322 e. The Hall–Kier alpha value is -2.73. The Morgan fingerprint density at radius 1 is 1.10 bits per heavy atom. The minimum atomic E-state index is -0.228. The van der Waals surface area contributed by atoms with Crippen molar-refractivity contribution in [2.75, 3.05) is 5.32 Å². The number of carbonyl (C=O) groups excluding carboxylic acids is 1. The fraction of sp³-hybridized carbons (Fsp3) is 0. The summed E-state index contributed by atoms with van der Waals surface area (Å²) in [5, 5.41) is 10.8. The van der Waals surface area contributed by atoms with Crippen molar-refractivity contribution in [3.8, 4) is 5.82 Å².